The van der Waals surface area contributed by atoms with Gasteiger partial charge in [0.05, 0.1) is 29.4 Å². The maximum absolute atomic E-state index is 12.9. The number of barbiturate groups is 1. The highest BCUT2D eigenvalue weighted by molar-refractivity contribution is 6.39. The summed E-state index contributed by atoms with van der Waals surface area (Å²) in [5.74, 6) is -1.17. The van der Waals surface area contributed by atoms with Gasteiger partial charge in [-0.25, -0.2) is 9.69 Å². The summed E-state index contributed by atoms with van der Waals surface area (Å²) in [6.07, 6.45) is 1.26. The summed E-state index contributed by atoms with van der Waals surface area (Å²) in [7, 11) is 1.42. The Labute approximate surface area is 181 Å². The van der Waals surface area contributed by atoms with Crippen LogP contribution in [0.5, 0.6) is 11.5 Å². The fourth-order valence-electron chi connectivity index (χ4n) is 2.89. The Morgan fingerprint density at radius 2 is 1.87 bits per heavy atom. The van der Waals surface area contributed by atoms with Gasteiger partial charge in [-0.15, -0.1) is 0 Å². The number of nitro benzene ring substituents is 1. The Morgan fingerprint density at radius 3 is 2.45 bits per heavy atom. The van der Waals surface area contributed by atoms with E-state index >= 15 is 0 Å². The summed E-state index contributed by atoms with van der Waals surface area (Å²) < 4.78 is 10.7. The first kappa shape index (κ1) is 21.8. The van der Waals surface area contributed by atoms with E-state index in [1.165, 1.54) is 37.5 Å². The van der Waals surface area contributed by atoms with E-state index in [0.717, 1.165) is 12.1 Å². The van der Waals surface area contributed by atoms with E-state index in [2.05, 4.69) is 5.32 Å². The number of rotatable bonds is 6. The van der Waals surface area contributed by atoms with Crippen LogP contribution in [0.2, 0.25) is 5.02 Å². The highest BCUT2D eigenvalue weighted by Gasteiger charge is 2.37. The minimum Gasteiger partial charge on any atom is -0.493 e. The van der Waals surface area contributed by atoms with Crippen molar-refractivity contribution in [3.8, 4) is 11.5 Å². The molecule has 0 unspecified atom stereocenters. The van der Waals surface area contributed by atoms with Crippen LogP contribution in [0.3, 0.4) is 0 Å². The monoisotopic (exact) mass is 445 g/mol. The molecule has 1 N–H and O–H groups in total. The van der Waals surface area contributed by atoms with Crippen molar-refractivity contribution in [2.24, 2.45) is 0 Å². The number of carbonyl (C=O) groups excluding carboxylic acids is 3. The maximum atomic E-state index is 12.9. The average molecular weight is 446 g/mol. The van der Waals surface area contributed by atoms with Crippen molar-refractivity contribution in [1.82, 2.24) is 5.32 Å². The summed E-state index contributed by atoms with van der Waals surface area (Å²) >= 11 is 6.23. The topological polar surface area (TPSA) is 128 Å². The molecular formula is C20H16ClN3O7. The second-order valence-electron chi connectivity index (χ2n) is 6.20. The predicted molar refractivity (Wildman–Crippen MR) is 111 cm³/mol. The summed E-state index contributed by atoms with van der Waals surface area (Å²) in [5, 5.41) is 13.1. The fraction of sp³-hybridized carbons (Fsp3) is 0.150. The van der Waals surface area contributed by atoms with Gasteiger partial charge in [-0.05, 0) is 42.8 Å². The third-order valence-electron chi connectivity index (χ3n) is 4.27. The Hall–Kier alpha value is -3.92. The molecule has 0 saturated carbocycles. The number of non-ortho nitro benzene ring substituents is 1. The lowest BCUT2D eigenvalue weighted by atomic mass is 10.1. The zero-order valence-corrected chi connectivity index (χ0v) is 17.1. The van der Waals surface area contributed by atoms with Gasteiger partial charge in [0, 0.05) is 12.1 Å². The molecule has 3 rings (SSSR count). The molecule has 0 aromatic heterocycles. The molecule has 1 aliphatic heterocycles. The zero-order chi connectivity index (χ0) is 22.7. The number of amides is 4. The molecule has 1 fully saturated rings. The summed E-state index contributed by atoms with van der Waals surface area (Å²) in [4.78, 5) is 48.4. The number of nitrogens with zero attached hydrogens (tertiary/aromatic N) is 2. The maximum Gasteiger partial charge on any atom is 0.335 e. The van der Waals surface area contributed by atoms with E-state index in [0.29, 0.717) is 28.6 Å². The number of hydrogen-bond acceptors (Lipinski definition) is 7. The molecule has 11 heteroatoms. The number of nitrogens with one attached hydrogen (secondary N) is 1. The standard InChI is InChI=1S/C20H16ClN3O7/c1-3-31-17-15(21)9-11(10-16(17)30-2)8-14-18(25)22-20(27)23(19(14)26)12-4-6-13(7-5-12)24(28)29/h4-10H,3H2,1-2H3,(H,22,25,27)/b14-8+. The van der Waals surface area contributed by atoms with E-state index in [1.54, 1.807) is 6.92 Å². The van der Waals surface area contributed by atoms with Crippen molar-refractivity contribution in [1.29, 1.82) is 0 Å². The van der Waals surface area contributed by atoms with E-state index in [9.17, 15) is 24.5 Å². The van der Waals surface area contributed by atoms with Crippen molar-refractivity contribution in [2.45, 2.75) is 6.92 Å². The number of ether oxygens (including phenoxy) is 2. The molecular weight excluding hydrogens is 430 g/mol. The van der Waals surface area contributed by atoms with Gasteiger partial charge in [0.2, 0.25) is 0 Å². The normalized spacial score (nSPS) is 15.1. The molecule has 0 bridgehead atoms. The van der Waals surface area contributed by atoms with E-state index in [1.807, 2.05) is 0 Å². The SMILES string of the molecule is CCOc1c(Cl)cc(/C=C2\C(=O)NC(=O)N(c3ccc([N+](=O)[O-])cc3)C2=O)cc1OC. The molecule has 4 amide bonds. The number of methoxy groups -OCH3 is 1. The number of benzene rings is 2. The van der Waals surface area contributed by atoms with Crippen LogP contribution < -0.4 is 19.7 Å². The number of anilines is 1. The van der Waals surface area contributed by atoms with Gasteiger partial charge >= 0.3 is 6.03 Å². The van der Waals surface area contributed by atoms with Crippen LogP contribution in [0, 0.1) is 10.1 Å². The first-order chi connectivity index (χ1) is 14.8. The second-order valence-corrected chi connectivity index (χ2v) is 6.61. The number of urea groups is 1. The zero-order valence-electron chi connectivity index (χ0n) is 16.4. The summed E-state index contributed by atoms with van der Waals surface area (Å²) in [6.45, 7) is 2.13. The number of halogens is 1. The first-order valence-corrected chi connectivity index (χ1v) is 9.30. The van der Waals surface area contributed by atoms with Gasteiger partial charge in [-0.3, -0.25) is 25.0 Å². The van der Waals surface area contributed by atoms with Crippen LogP contribution in [0.25, 0.3) is 6.08 Å². The van der Waals surface area contributed by atoms with Crippen molar-refractivity contribution < 1.29 is 28.8 Å². The average Bonchev–Trinajstić information content (AvgIpc) is 2.73. The van der Waals surface area contributed by atoms with Crippen LogP contribution in [0.4, 0.5) is 16.2 Å². The van der Waals surface area contributed by atoms with Gasteiger partial charge in [0.15, 0.2) is 11.5 Å². The number of nitro groups is 1. The van der Waals surface area contributed by atoms with Crippen molar-refractivity contribution in [3.63, 3.8) is 0 Å². The minimum atomic E-state index is -0.969. The molecule has 10 nitrogen and oxygen atoms in total. The van der Waals surface area contributed by atoms with Gasteiger partial charge in [0.1, 0.15) is 5.57 Å². The molecule has 0 atom stereocenters. The Balaban J connectivity index is 2.01. The smallest absolute Gasteiger partial charge is 0.335 e. The molecule has 160 valence electrons. The molecule has 1 saturated heterocycles. The van der Waals surface area contributed by atoms with Crippen molar-refractivity contribution in [3.05, 3.63) is 62.7 Å². The van der Waals surface area contributed by atoms with Gasteiger partial charge < -0.3 is 9.47 Å². The fourth-order valence-corrected chi connectivity index (χ4v) is 3.16. The first-order valence-electron chi connectivity index (χ1n) is 8.93. The quantitative estimate of drug-likeness (QED) is 0.312. The highest BCUT2D eigenvalue weighted by Crippen LogP contribution is 2.37. The molecule has 0 aliphatic carbocycles. The van der Waals surface area contributed by atoms with Crippen LogP contribution in [-0.4, -0.2) is 36.5 Å². The molecule has 0 radical (unpaired) electrons. The molecule has 2 aromatic rings. The lowest BCUT2D eigenvalue weighted by molar-refractivity contribution is -0.384. The van der Waals surface area contributed by atoms with Gasteiger partial charge in [0.25, 0.3) is 17.5 Å². The van der Waals surface area contributed by atoms with Gasteiger partial charge in [-0.1, -0.05) is 11.6 Å². The number of imide groups is 2. The molecule has 1 heterocycles. The predicted octanol–water partition coefficient (Wildman–Crippen LogP) is 3.32. The molecule has 1 aliphatic rings. The van der Waals surface area contributed by atoms with E-state index in [4.69, 9.17) is 21.1 Å². The largest absolute Gasteiger partial charge is 0.493 e. The Kier molecular flexibility index (Phi) is 6.21. The Bertz CT molecular complexity index is 1110. The van der Waals surface area contributed by atoms with Crippen LogP contribution >= 0.6 is 11.6 Å². The lowest BCUT2D eigenvalue weighted by Crippen LogP contribution is -2.54. The summed E-state index contributed by atoms with van der Waals surface area (Å²) in [5.41, 5.74) is -0.118. The van der Waals surface area contributed by atoms with Crippen LogP contribution in [0.1, 0.15) is 12.5 Å². The molecule has 0 spiro atoms. The van der Waals surface area contributed by atoms with E-state index in [-0.39, 0.29) is 22.0 Å². The third kappa shape index (κ3) is 4.33. The number of hydrogen-bond donors (Lipinski definition) is 1. The number of carbonyl (C=O) groups is 3. The molecule has 2 aromatic carbocycles. The summed E-state index contributed by atoms with van der Waals surface area (Å²) in [6, 6.07) is 6.80. The minimum absolute atomic E-state index is 0.0637. The van der Waals surface area contributed by atoms with Crippen molar-refractivity contribution >= 4 is 46.9 Å². The van der Waals surface area contributed by atoms with Crippen molar-refractivity contribution in [2.75, 3.05) is 18.6 Å². The second kappa shape index (κ2) is 8.84. The highest BCUT2D eigenvalue weighted by atomic mass is 35.5. The van der Waals surface area contributed by atoms with Crippen LogP contribution in [-0.2, 0) is 9.59 Å². The van der Waals surface area contributed by atoms with Gasteiger partial charge in [-0.2, -0.15) is 0 Å². The van der Waals surface area contributed by atoms with Crippen LogP contribution in [0.15, 0.2) is 42.0 Å². The lowest BCUT2D eigenvalue weighted by Gasteiger charge is -2.26. The molecule has 31 heavy (non-hydrogen) atoms. The van der Waals surface area contributed by atoms with E-state index < -0.39 is 22.8 Å². The Morgan fingerprint density at radius 1 is 1.19 bits per heavy atom. The third-order valence-corrected chi connectivity index (χ3v) is 4.55.